The van der Waals surface area contributed by atoms with Crippen LogP contribution in [0.3, 0.4) is 0 Å². The molecule has 0 aliphatic heterocycles. The van der Waals surface area contributed by atoms with Gasteiger partial charge >= 0.3 is 5.97 Å². The number of benzene rings is 3. The van der Waals surface area contributed by atoms with Crippen molar-refractivity contribution in [2.75, 3.05) is 19.0 Å². The summed E-state index contributed by atoms with van der Waals surface area (Å²) in [4.78, 5) is 18.4. The smallest absolute Gasteiger partial charge is 0.336 e. The molecule has 4 rings (SSSR count). The molecule has 1 heterocycles. The lowest BCUT2D eigenvalue weighted by Gasteiger charge is -2.16. The second-order valence-corrected chi connectivity index (χ2v) is 9.13. The first-order valence-corrected chi connectivity index (χ1v) is 11.4. The second kappa shape index (κ2) is 9.39. The lowest BCUT2D eigenvalue weighted by molar-refractivity contribution is 0.0693. The number of aromatic carboxylic acids is 1. The maximum absolute atomic E-state index is 11.6. The summed E-state index contributed by atoms with van der Waals surface area (Å²) in [6.07, 6.45) is 0. The van der Waals surface area contributed by atoms with Crippen molar-refractivity contribution in [1.82, 2.24) is 9.55 Å². The number of carbonyl (C=O) groups is 1. The molecule has 34 heavy (non-hydrogen) atoms. The van der Waals surface area contributed by atoms with Gasteiger partial charge in [0.05, 0.1) is 23.1 Å². The third-order valence-electron chi connectivity index (χ3n) is 6.11. The zero-order valence-corrected chi connectivity index (χ0v) is 20.8. The Bertz CT molecular complexity index is 1390. The number of ether oxygens (including phenoxy) is 1. The van der Waals surface area contributed by atoms with E-state index in [0.717, 1.165) is 39.2 Å². The highest BCUT2D eigenvalue weighted by Crippen LogP contribution is 2.30. The summed E-state index contributed by atoms with van der Waals surface area (Å²) in [6, 6.07) is 15.2. The number of imidazole rings is 1. The lowest BCUT2D eigenvalue weighted by Crippen LogP contribution is -2.09. The molecule has 7 heteroatoms. The van der Waals surface area contributed by atoms with E-state index in [9.17, 15) is 9.90 Å². The van der Waals surface area contributed by atoms with Gasteiger partial charge in [-0.3, -0.25) is 0 Å². The van der Waals surface area contributed by atoms with Crippen molar-refractivity contribution in [2.24, 2.45) is 0 Å². The van der Waals surface area contributed by atoms with Crippen molar-refractivity contribution < 1.29 is 14.6 Å². The molecule has 0 spiro atoms. The Balaban J connectivity index is 1.68. The van der Waals surface area contributed by atoms with Crippen LogP contribution in [0.5, 0.6) is 5.75 Å². The largest absolute Gasteiger partial charge is 0.489 e. The summed E-state index contributed by atoms with van der Waals surface area (Å²) < 4.78 is 8.22. The molecule has 4 aromatic rings. The maximum atomic E-state index is 11.6. The van der Waals surface area contributed by atoms with Crippen LogP contribution in [0.1, 0.15) is 38.4 Å². The van der Waals surface area contributed by atoms with Gasteiger partial charge in [0.25, 0.3) is 0 Å². The number of anilines is 1. The molecule has 0 saturated heterocycles. The van der Waals surface area contributed by atoms with E-state index >= 15 is 0 Å². The molecule has 1 aromatic heterocycles. The minimum atomic E-state index is -0.959. The SMILES string of the molecule is Cc1cccc(C(=O)O)c1COc1cc(C)c2nc(C)n(Cc3ccc(N(C)C)cc3Cl)c2c1. The topological polar surface area (TPSA) is 67.6 Å². The standard InChI is InChI=1S/C27H28ClN3O3/c1-16-7-6-8-22(27(32)33)23(16)15-34-21-11-17(2)26-25(13-21)31(18(3)29-26)14-19-9-10-20(30(4)5)12-24(19)28/h6-13H,14-15H2,1-5H3,(H,32,33). The molecule has 1 N–H and O–H groups in total. The third kappa shape index (κ3) is 4.59. The molecule has 0 unspecified atom stereocenters. The molecule has 0 atom stereocenters. The fourth-order valence-corrected chi connectivity index (χ4v) is 4.36. The number of nitrogens with zero attached hydrogens (tertiary/aromatic N) is 3. The predicted molar refractivity (Wildman–Crippen MR) is 137 cm³/mol. The monoisotopic (exact) mass is 477 g/mol. The van der Waals surface area contributed by atoms with Crippen LogP contribution in [0.2, 0.25) is 5.02 Å². The van der Waals surface area contributed by atoms with Crippen molar-refractivity contribution >= 4 is 34.3 Å². The Morgan fingerprint density at radius 2 is 1.85 bits per heavy atom. The van der Waals surface area contributed by atoms with Crippen molar-refractivity contribution in [3.05, 3.63) is 87.2 Å². The zero-order valence-electron chi connectivity index (χ0n) is 20.0. The highest BCUT2D eigenvalue weighted by atomic mass is 35.5. The van der Waals surface area contributed by atoms with Crippen LogP contribution in [-0.4, -0.2) is 34.7 Å². The van der Waals surface area contributed by atoms with E-state index in [1.807, 2.05) is 70.1 Å². The minimum absolute atomic E-state index is 0.171. The average Bonchev–Trinajstić information content (AvgIpc) is 3.09. The van der Waals surface area contributed by atoms with Crippen LogP contribution >= 0.6 is 11.6 Å². The maximum Gasteiger partial charge on any atom is 0.336 e. The normalized spacial score (nSPS) is 11.1. The van der Waals surface area contributed by atoms with Gasteiger partial charge in [0.2, 0.25) is 0 Å². The Hall–Kier alpha value is -3.51. The molecule has 0 amide bonds. The molecule has 6 nitrogen and oxygen atoms in total. The van der Waals surface area contributed by atoms with Crippen molar-refractivity contribution in [3.63, 3.8) is 0 Å². The van der Waals surface area contributed by atoms with Crippen LogP contribution < -0.4 is 9.64 Å². The van der Waals surface area contributed by atoms with Gasteiger partial charge in [-0.25, -0.2) is 9.78 Å². The van der Waals surface area contributed by atoms with E-state index in [0.29, 0.717) is 22.9 Å². The van der Waals surface area contributed by atoms with Gasteiger partial charge in [-0.05, 0) is 61.7 Å². The number of hydrogen-bond acceptors (Lipinski definition) is 4. The second-order valence-electron chi connectivity index (χ2n) is 8.72. The van der Waals surface area contributed by atoms with Gasteiger partial charge in [0.1, 0.15) is 18.2 Å². The van der Waals surface area contributed by atoms with Crippen molar-refractivity contribution in [1.29, 1.82) is 0 Å². The third-order valence-corrected chi connectivity index (χ3v) is 6.47. The molecule has 176 valence electrons. The van der Waals surface area contributed by atoms with E-state index in [-0.39, 0.29) is 12.2 Å². The van der Waals surface area contributed by atoms with Gasteiger partial charge in [0.15, 0.2) is 0 Å². The van der Waals surface area contributed by atoms with Crippen molar-refractivity contribution in [2.45, 2.75) is 33.9 Å². The average molecular weight is 478 g/mol. The molecule has 3 aromatic carbocycles. The zero-order chi connectivity index (χ0) is 24.6. The number of hydrogen-bond donors (Lipinski definition) is 1. The summed E-state index contributed by atoms with van der Waals surface area (Å²) in [5.41, 5.74) is 6.71. The first kappa shape index (κ1) is 23.6. The Kier molecular flexibility index (Phi) is 6.53. The van der Waals surface area contributed by atoms with Crippen molar-refractivity contribution in [3.8, 4) is 5.75 Å². The molecule has 0 fully saturated rings. The van der Waals surface area contributed by atoms with Crippen LogP contribution in [0.4, 0.5) is 5.69 Å². The van der Waals surface area contributed by atoms with Gasteiger partial charge < -0.3 is 19.3 Å². The van der Waals surface area contributed by atoms with Gasteiger partial charge in [-0.2, -0.15) is 0 Å². The highest BCUT2D eigenvalue weighted by molar-refractivity contribution is 6.31. The summed E-state index contributed by atoms with van der Waals surface area (Å²) >= 11 is 6.60. The van der Waals surface area contributed by atoms with E-state index in [4.69, 9.17) is 21.3 Å². The quantitative estimate of drug-likeness (QED) is 0.353. The lowest BCUT2D eigenvalue weighted by atomic mass is 10.0. The summed E-state index contributed by atoms with van der Waals surface area (Å²) in [6.45, 7) is 6.63. The Morgan fingerprint density at radius 1 is 1.09 bits per heavy atom. The fraction of sp³-hybridized carbons (Fsp3) is 0.259. The van der Waals surface area contributed by atoms with Crippen LogP contribution in [0.15, 0.2) is 48.5 Å². The Labute approximate surface area is 204 Å². The van der Waals surface area contributed by atoms with Crippen LogP contribution in [-0.2, 0) is 13.2 Å². The molecule has 0 bridgehead atoms. The van der Waals surface area contributed by atoms with Crippen LogP contribution in [0.25, 0.3) is 11.0 Å². The Morgan fingerprint density at radius 3 is 2.53 bits per heavy atom. The number of rotatable bonds is 7. The predicted octanol–water partition coefficient (Wildman–Crippen LogP) is 6.01. The van der Waals surface area contributed by atoms with E-state index in [2.05, 4.69) is 10.6 Å². The van der Waals surface area contributed by atoms with Gasteiger partial charge in [0, 0.05) is 36.4 Å². The van der Waals surface area contributed by atoms with E-state index in [1.165, 1.54) is 0 Å². The number of carboxylic acids is 1. The highest BCUT2D eigenvalue weighted by Gasteiger charge is 2.16. The molecule has 0 radical (unpaired) electrons. The summed E-state index contributed by atoms with van der Waals surface area (Å²) in [5, 5.41) is 10.2. The van der Waals surface area contributed by atoms with E-state index in [1.54, 1.807) is 12.1 Å². The number of carboxylic acid groups (broad SMARTS) is 1. The van der Waals surface area contributed by atoms with Gasteiger partial charge in [-0.1, -0.05) is 29.8 Å². The van der Waals surface area contributed by atoms with Crippen LogP contribution in [0, 0.1) is 20.8 Å². The molecule has 0 aliphatic carbocycles. The number of fused-ring (bicyclic) bond motifs is 1. The minimum Gasteiger partial charge on any atom is -0.489 e. The first-order valence-electron chi connectivity index (χ1n) is 11.0. The summed E-state index contributed by atoms with van der Waals surface area (Å²) in [7, 11) is 3.97. The molecule has 0 saturated carbocycles. The number of aryl methyl sites for hydroxylation is 3. The molecular weight excluding hydrogens is 450 g/mol. The molecule has 0 aliphatic rings. The number of halogens is 1. The number of aromatic nitrogens is 2. The fourth-order valence-electron chi connectivity index (χ4n) is 4.12. The van der Waals surface area contributed by atoms with E-state index < -0.39 is 5.97 Å². The first-order chi connectivity index (χ1) is 16.2. The molecular formula is C27H28ClN3O3. The summed E-state index contributed by atoms with van der Waals surface area (Å²) in [5.74, 6) is 0.592. The van der Waals surface area contributed by atoms with Gasteiger partial charge in [-0.15, -0.1) is 0 Å².